The van der Waals surface area contributed by atoms with Crippen molar-refractivity contribution >= 4 is 22.6 Å². The first-order chi connectivity index (χ1) is 20.1. The second-order valence-electron chi connectivity index (χ2n) is 11.8. The number of H-pyrrole nitrogens is 1. The van der Waals surface area contributed by atoms with Crippen LogP contribution in [-0.4, -0.2) is 33.4 Å². The van der Waals surface area contributed by atoms with Gasteiger partial charge >= 0.3 is 0 Å². The Morgan fingerprint density at radius 2 is 1.90 bits per heavy atom. The molecule has 0 bridgehead atoms. The third-order valence-electron chi connectivity index (χ3n) is 9.07. The number of amides is 1. The first-order valence-electron chi connectivity index (χ1n) is 14.8. The predicted octanol–water partition coefficient (Wildman–Crippen LogP) is 5.54. The van der Waals surface area contributed by atoms with Crippen molar-refractivity contribution in [2.24, 2.45) is 11.8 Å². The number of nitrogens with one attached hydrogen (secondary N) is 5. The number of carbonyl (C=O) groups is 1. The van der Waals surface area contributed by atoms with Gasteiger partial charge in [0.15, 0.2) is 0 Å². The summed E-state index contributed by atoms with van der Waals surface area (Å²) in [7, 11) is 0. The van der Waals surface area contributed by atoms with Gasteiger partial charge in [0.05, 0.1) is 29.0 Å². The number of hydrazine groups is 1. The van der Waals surface area contributed by atoms with Gasteiger partial charge in [-0.25, -0.2) is 14.8 Å². The molecule has 7 rings (SSSR count). The topological polar surface area (TPSA) is 107 Å². The van der Waals surface area contributed by atoms with Crippen molar-refractivity contribution in [1.82, 2.24) is 31.1 Å². The summed E-state index contributed by atoms with van der Waals surface area (Å²) >= 11 is 0. The number of para-hydroxylation sites is 1. The molecule has 0 spiro atoms. The second-order valence-corrected chi connectivity index (χ2v) is 11.8. The van der Waals surface area contributed by atoms with Crippen LogP contribution < -0.4 is 21.5 Å². The molecule has 3 fully saturated rings. The van der Waals surface area contributed by atoms with Crippen molar-refractivity contribution < 1.29 is 9.18 Å². The van der Waals surface area contributed by atoms with Crippen LogP contribution in [0.5, 0.6) is 0 Å². The Kier molecular flexibility index (Phi) is 7.24. The van der Waals surface area contributed by atoms with Crippen LogP contribution in [-0.2, 0) is 4.79 Å². The van der Waals surface area contributed by atoms with Gasteiger partial charge in [-0.3, -0.25) is 15.2 Å². The highest BCUT2D eigenvalue weighted by molar-refractivity contribution is 5.92. The molecule has 1 aliphatic carbocycles. The Balaban J connectivity index is 1.08. The Bertz CT molecular complexity index is 1550. The molecule has 4 aromatic rings. The van der Waals surface area contributed by atoms with Crippen LogP contribution in [0.15, 0.2) is 60.9 Å². The maximum absolute atomic E-state index is 14.0. The lowest BCUT2D eigenvalue weighted by Crippen LogP contribution is -2.46. The van der Waals surface area contributed by atoms with Crippen LogP contribution in [0.4, 0.5) is 10.1 Å². The molecule has 3 aliphatic rings. The molecule has 5 N–H and O–H groups in total. The number of hydrogen-bond acceptors (Lipinski definition) is 6. The molecule has 4 heterocycles. The van der Waals surface area contributed by atoms with E-state index in [2.05, 4.69) is 37.5 Å². The number of halogens is 1. The SMILES string of the molecule is O=C(CC1CCCCC1)Nc1cncc(C2CC3C(CN2)NNC3c2nc3c(-c4cccc(F)c4)cccc3[nH]2)c1. The molecule has 4 atom stereocenters. The van der Waals surface area contributed by atoms with Gasteiger partial charge in [-0.1, -0.05) is 43.5 Å². The molecule has 2 aromatic heterocycles. The predicted molar refractivity (Wildman–Crippen MR) is 157 cm³/mol. The highest BCUT2D eigenvalue weighted by Crippen LogP contribution is 2.39. The molecule has 212 valence electrons. The fourth-order valence-electron chi connectivity index (χ4n) is 6.97. The molecule has 0 radical (unpaired) electrons. The van der Waals surface area contributed by atoms with E-state index in [-0.39, 0.29) is 35.8 Å². The van der Waals surface area contributed by atoms with E-state index in [0.717, 1.165) is 65.0 Å². The smallest absolute Gasteiger partial charge is 0.224 e. The number of aromatic nitrogens is 3. The van der Waals surface area contributed by atoms with Crippen molar-refractivity contribution in [2.75, 3.05) is 11.9 Å². The van der Waals surface area contributed by atoms with E-state index >= 15 is 0 Å². The minimum absolute atomic E-state index is 0.0105. The standard InChI is InChI=1S/C32H36FN7O/c33-22-9-4-8-20(13-22)24-10-5-11-26-30(24)38-32(37-26)31-25-15-27(35-18-28(25)39-40-31)21-14-23(17-34-16-21)36-29(41)12-19-6-2-1-3-7-19/h4-5,8-11,13-14,16-17,19,25,27-28,31,35,39-40H,1-3,6-7,12,15,18H2,(H,36,41)(H,37,38). The van der Waals surface area contributed by atoms with Crippen LogP contribution in [0, 0.1) is 17.7 Å². The minimum Gasteiger partial charge on any atom is -0.341 e. The van der Waals surface area contributed by atoms with E-state index in [0.29, 0.717) is 12.3 Å². The fraction of sp³-hybridized carbons (Fsp3) is 0.406. The van der Waals surface area contributed by atoms with Crippen LogP contribution in [0.1, 0.15) is 68.4 Å². The number of anilines is 1. The molecule has 9 heteroatoms. The Morgan fingerprint density at radius 3 is 2.78 bits per heavy atom. The van der Waals surface area contributed by atoms with E-state index < -0.39 is 0 Å². The molecular formula is C32H36FN7O. The van der Waals surface area contributed by atoms with Gasteiger partial charge in [0.25, 0.3) is 0 Å². The fourth-order valence-corrected chi connectivity index (χ4v) is 6.97. The van der Waals surface area contributed by atoms with Gasteiger partial charge in [-0.2, -0.15) is 0 Å². The summed E-state index contributed by atoms with van der Waals surface area (Å²) in [4.78, 5) is 25.7. The molecule has 8 nitrogen and oxygen atoms in total. The first kappa shape index (κ1) is 26.3. The number of imidazole rings is 1. The molecule has 41 heavy (non-hydrogen) atoms. The molecule has 4 unspecified atom stereocenters. The van der Waals surface area contributed by atoms with Crippen molar-refractivity contribution in [2.45, 2.75) is 63.1 Å². The van der Waals surface area contributed by atoms with E-state index in [1.165, 1.54) is 25.3 Å². The minimum atomic E-state index is -0.261. The van der Waals surface area contributed by atoms with E-state index in [1.807, 2.05) is 30.5 Å². The monoisotopic (exact) mass is 553 g/mol. The Morgan fingerprint density at radius 1 is 1.02 bits per heavy atom. The quantitative estimate of drug-likeness (QED) is 0.215. The third kappa shape index (κ3) is 5.49. The first-order valence-corrected chi connectivity index (χ1v) is 14.8. The zero-order valence-electron chi connectivity index (χ0n) is 23.0. The number of pyridine rings is 1. The summed E-state index contributed by atoms with van der Waals surface area (Å²) < 4.78 is 14.0. The number of carbonyl (C=O) groups excluding carboxylic acids is 1. The second kappa shape index (κ2) is 11.3. The lowest BCUT2D eigenvalue weighted by molar-refractivity contribution is -0.117. The number of benzene rings is 2. The van der Waals surface area contributed by atoms with E-state index in [1.54, 1.807) is 18.3 Å². The van der Waals surface area contributed by atoms with Crippen molar-refractivity contribution in [3.8, 4) is 11.1 Å². The molecule has 2 saturated heterocycles. The molecular weight excluding hydrogens is 517 g/mol. The highest BCUT2D eigenvalue weighted by Gasteiger charge is 2.42. The van der Waals surface area contributed by atoms with E-state index in [9.17, 15) is 9.18 Å². The average Bonchev–Trinajstić information content (AvgIpc) is 3.61. The zero-order valence-corrected chi connectivity index (χ0v) is 23.0. The van der Waals surface area contributed by atoms with Crippen LogP contribution in [0.3, 0.4) is 0 Å². The lowest BCUT2D eigenvalue weighted by Gasteiger charge is -2.34. The summed E-state index contributed by atoms with van der Waals surface area (Å²) in [5.41, 5.74) is 12.2. The summed E-state index contributed by atoms with van der Waals surface area (Å²) in [5, 5.41) is 6.76. The Hall–Kier alpha value is -3.66. The lowest BCUT2D eigenvalue weighted by atomic mass is 9.82. The van der Waals surface area contributed by atoms with Crippen LogP contribution in [0.2, 0.25) is 0 Å². The summed E-state index contributed by atoms with van der Waals surface area (Å²) in [6.45, 7) is 0.797. The van der Waals surface area contributed by atoms with Gasteiger partial charge in [-0.05, 0) is 60.6 Å². The van der Waals surface area contributed by atoms with Crippen LogP contribution >= 0.6 is 0 Å². The van der Waals surface area contributed by atoms with Gasteiger partial charge < -0.3 is 15.6 Å². The number of hydrogen-bond donors (Lipinski definition) is 5. The number of nitrogens with zero attached hydrogens (tertiary/aromatic N) is 2. The van der Waals surface area contributed by atoms with Crippen molar-refractivity contribution in [1.29, 1.82) is 0 Å². The van der Waals surface area contributed by atoms with Crippen molar-refractivity contribution in [3.05, 3.63) is 78.1 Å². The van der Waals surface area contributed by atoms with E-state index in [4.69, 9.17) is 4.98 Å². The van der Waals surface area contributed by atoms with Gasteiger partial charge in [0.2, 0.25) is 5.91 Å². The zero-order chi connectivity index (χ0) is 27.8. The number of rotatable bonds is 6. The largest absolute Gasteiger partial charge is 0.341 e. The van der Waals surface area contributed by atoms with Gasteiger partial charge in [-0.15, -0.1) is 0 Å². The Labute approximate surface area is 238 Å². The number of aromatic amines is 1. The molecule has 1 saturated carbocycles. The third-order valence-corrected chi connectivity index (χ3v) is 9.07. The number of fused-ring (bicyclic) bond motifs is 2. The summed E-state index contributed by atoms with van der Waals surface area (Å²) in [5.74, 6) is 1.47. The maximum atomic E-state index is 14.0. The number of piperidine rings is 1. The normalized spacial score (nSPS) is 24.8. The average molecular weight is 554 g/mol. The van der Waals surface area contributed by atoms with Crippen LogP contribution in [0.25, 0.3) is 22.2 Å². The van der Waals surface area contributed by atoms with Crippen molar-refractivity contribution in [3.63, 3.8) is 0 Å². The van der Waals surface area contributed by atoms with Gasteiger partial charge in [0.1, 0.15) is 11.6 Å². The molecule has 2 aliphatic heterocycles. The highest BCUT2D eigenvalue weighted by atomic mass is 19.1. The maximum Gasteiger partial charge on any atom is 0.224 e. The summed E-state index contributed by atoms with van der Waals surface area (Å²) in [6.07, 6.45) is 11.2. The van der Waals surface area contributed by atoms with Gasteiger partial charge in [0, 0.05) is 42.7 Å². The molecule has 2 aromatic carbocycles. The molecule has 1 amide bonds. The summed E-state index contributed by atoms with van der Waals surface area (Å²) in [6, 6.07) is 15.0.